The summed E-state index contributed by atoms with van der Waals surface area (Å²) < 4.78 is 11.3. The number of guanidine groups is 1. The normalized spacial score (nSPS) is 19.0. The summed E-state index contributed by atoms with van der Waals surface area (Å²) in [5.74, 6) is 2.42. The molecule has 3 N–H and O–H groups in total. The van der Waals surface area contributed by atoms with Crippen molar-refractivity contribution in [2.75, 3.05) is 39.5 Å². The summed E-state index contributed by atoms with van der Waals surface area (Å²) in [6.07, 6.45) is 2.56. The van der Waals surface area contributed by atoms with Crippen molar-refractivity contribution in [3.05, 3.63) is 29.3 Å². The lowest BCUT2D eigenvalue weighted by molar-refractivity contribution is -0.132. The second-order valence-corrected chi connectivity index (χ2v) is 7.57. The highest BCUT2D eigenvalue weighted by Crippen LogP contribution is 2.31. The van der Waals surface area contributed by atoms with E-state index in [4.69, 9.17) is 14.5 Å². The van der Waals surface area contributed by atoms with Gasteiger partial charge in [-0.3, -0.25) is 0 Å². The molecule has 1 aliphatic carbocycles. The lowest BCUT2D eigenvalue weighted by atomic mass is 9.87. The fraction of sp³-hybridized carbons (Fsp3) is 0.650. The van der Waals surface area contributed by atoms with Gasteiger partial charge >= 0.3 is 0 Å². The third-order valence-electron chi connectivity index (χ3n) is 4.93. The molecule has 26 heavy (non-hydrogen) atoms. The smallest absolute Gasteiger partial charge is 0.191 e. The summed E-state index contributed by atoms with van der Waals surface area (Å²) in [5.41, 5.74) is 2.11. The highest BCUT2D eigenvalue weighted by Gasteiger charge is 2.38. The van der Waals surface area contributed by atoms with Crippen molar-refractivity contribution >= 4 is 5.96 Å². The molecular weight excluding hydrogens is 330 g/mol. The third kappa shape index (κ3) is 5.11. The minimum absolute atomic E-state index is 0.122. The number of hydrogen-bond donors (Lipinski definition) is 3. The maximum atomic E-state index is 9.56. The van der Waals surface area contributed by atoms with Crippen LogP contribution in [-0.4, -0.2) is 50.6 Å². The van der Waals surface area contributed by atoms with Crippen LogP contribution < -0.4 is 15.4 Å². The van der Waals surface area contributed by atoms with Gasteiger partial charge in [0.15, 0.2) is 5.96 Å². The minimum Gasteiger partial charge on any atom is -0.493 e. The van der Waals surface area contributed by atoms with Gasteiger partial charge in [0.2, 0.25) is 0 Å². The van der Waals surface area contributed by atoms with E-state index in [9.17, 15) is 5.11 Å². The summed E-state index contributed by atoms with van der Waals surface area (Å²) in [7, 11) is 0. The molecule has 1 aromatic carbocycles. The first-order valence-electron chi connectivity index (χ1n) is 9.57. The molecular formula is C20H31N3O3. The maximum Gasteiger partial charge on any atom is 0.191 e. The third-order valence-corrected chi connectivity index (χ3v) is 4.93. The van der Waals surface area contributed by atoms with Crippen molar-refractivity contribution < 1.29 is 14.6 Å². The quantitative estimate of drug-likeness (QED) is 0.462. The Labute approximate surface area is 156 Å². The van der Waals surface area contributed by atoms with E-state index in [0.29, 0.717) is 26.3 Å². The second kappa shape index (κ2) is 8.73. The molecule has 0 bridgehead atoms. The zero-order chi connectivity index (χ0) is 18.4. The Morgan fingerprint density at radius 3 is 2.77 bits per heavy atom. The second-order valence-electron chi connectivity index (χ2n) is 7.57. The van der Waals surface area contributed by atoms with Crippen LogP contribution in [0.5, 0.6) is 5.75 Å². The molecule has 0 radical (unpaired) electrons. The first-order valence-corrected chi connectivity index (χ1v) is 9.57. The maximum absolute atomic E-state index is 9.56. The molecule has 1 aromatic rings. The predicted molar refractivity (Wildman–Crippen MR) is 103 cm³/mol. The SMILES string of the molecule is CCNC(=NCc1ccc(C)cc1OCC1CC1)NCC1(CO)COC1. The van der Waals surface area contributed by atoms with Crippen LogP contribution >= 0.6 is 0 Å². The Bertz CT molecular complexity index is 619. The van der Waals surface area contributed by atoms with E-state index in [2.05, 4.69) is 35.8 Å². The summed E-state index contributed by atoms with van der Waals surface area (Å²) in [6, 6.07) is 6.29. The average Bonchev–Trinajstić information content (AvgIpc) is 3.42. The molecule has 2 aliphatic rings. The predicted octanol–water partition coefficient (Wildman–Crippen LogP) is 1.85. The Morgan fingerprint density at radius 1 is 1.35 bits per heavy atom. The van der Waals surface area contributed by atoms with Gasteiger partial charge in [-0.2, -0.15) is 0 Å². The van der Waals surface area contributed by atoms with Gasteiger partial charge in [0.25, 0.3) is 0 Å². The number of hydrogen-bond acceptors (Lipinski definition) is 4. The molecule has 0 aromatic heterocycles. The highest BCUT2D eigenvalue weighted by molar-refractivity contribution is 5.79. The number of ether oxygens (including phenoxy) is 2. The summed E-state index contributed by atoms with van der Waals surface area (Å²) in [6.45, 7) is 8.22. The number of aryl methyl sites for hydroxylation is 1. The van der Waals surface area contributed by atoms with Crippen molar-refractivity contribution in [1.82, 2.24) is 10.6 Å². The number of rotatable bonds is 9. The Morgan fingerprint density at radius 2 is 2.15 bits per heavy atom. The minimum atomic E-state index is -0.182. The number of aliphatic hydroxyl groups excluding tert-OH is 1. The van der Waals surface area contributed by atoms with E-state index in [0.717, 1.165) is 36.3 Å². The Balaban J connectivity index is 1.62. The fourth-order valence-electron chi connectivity index (χ4n) is 2.84. The molecule has 6 heteroatoms. The first kappa shape index (κ1) is 19.0. The van der Waals surface area contributed by atoms with Crippen LogP contribution in [0.3, 0.4) is 0 Å². The van der Waals surface area contributed by atoms with Crippen LogP contribution in [0.4, 0.5) is 0 Å². The van der Waals surface area contributed by atoms with E-state index in [1.165, 1.54) is 18.4 Å². The van der Waals surface area contributed by atoms with Crippen LogP contribution in [-0.2, 0) is 11.3 Å². The number of nitrogens with zero attached hydrogens (tertiary/aromatic N) is 1. The van der Waals surface area contributed by atoms with Crippen molar-refractivity contribution in [1.29, 1.82) is 0 Å². The number of aliphatic hydroxyl groups is 1. The van der Waals surface area contributed by atoms with Crippen LogP contribution in [0.25, 0.3) is 0 Å². The number of aliphatic imine (C=N–C) groups is 1. The Hall–Kier alpha value is -1.79. The number of benzene rings is 1. The van der Waals surface area contributed by atoms with Gasteiger partial charge in [-0.25, -0.2) is 4.99 Å². The van der Waals surface area contributed by atoms with Crippen molar-refractivity contribution in [2.24, 2.45) is 16.3 Å². The van der Waals surface area contributed by atoms with E-state index in [-0.39, 0.29) is 12.0 Å². The fourth-order valence-corrected chi connectivity index (χ4v) is 2.84. The molecule has 1 saturated heterocycles. The summed E-state index contributed by atoms with van der Waals surface area (Å²) in [5, 5.41) is 16.2. The monoisotopic (exact) mass is 361 g/mol. The standard InChI is InChI=1S/C20H31N3O3/c1-3-21-19(23-11-20(12-24)13-25-14-20)22-9-17-7-4-15(2)8-18(17)26-10-16-5-6-16/h4,7-8,16,24H,3,5-6,9-14H2,1-2H3,(H2,21,22,23). The molecule has 144 valence electrons. The molecule has 1 aliphatic heterocycles. The van der Waals surface area contributed by atoms with E-state index < -0.39 is 0 Å². The Kier molecular flexibility index (Phi) is 6.38. The van der Waals surface area contributed by atoms with Gasteiger partial charge in [0, 0.05) is 18.7 Å². The van der Waals surface area contributed by atoms with E-state index >= 15 is 0 Å². The molecule has 6 nitrogen and oxygen atoms in total. The number of nitrogens with one attached hydrogen (secondary N) is 2. The van der Waals surface area contributed by atoms with Crippen molar-refractivity contribution in [3.8, 4) is 5.75 Å². The molecule has 1 heterocycles. The van der Waals surface area contributed by atoms with Gasteiger partial charge < -0.3 is 25.2 Å². The van der Waals surface area contributed by atoms with Gasteiger partial charge in [-0.05, 0) is 44.2 Å². The van der Waals surface area contributed by atoms with Gasteiger partial charge in [0.05, 0.1) is 38.4 Å². The van der Waals surface area contributed by atoms with Crippen molar-refractivity contribution in [3.63, 3.8) is 0 Å². The van der Waals surface area contributed by atoms with Gasteiger partial charge in [-0.15, -0.1) is 0 Å². The van der Waals surface area contributed by atoms with Crippen LogP contribution in [0.1, 0.15) is 30.9 Å². The zero-order valence-electron chi connectivity index (χ0n) is 15.9. The summed E-state index contributed by atoms with van der Waals surface area (Å²) >= 11 is 0. The average molecular weight is 361 g/mol. The molecule has 1 saturated carbocycles. The van der Waals surface area contributed by atoms with Crippen LogP contribution in [0, 0.1) is 18.3 Å². The molecule has 0 unspecified atom stereocenters. The van der Waals surface area contributed by atoms with Crippen LogP contribution in [0.15, 0.2) is 23.2 Å². The lowest BCUT2D eigenvalue weighted by Crippen LogP contribution is -2.54. The molecule has 0 spiro atoms. The zero-order valence-corrected chi connectivity index (χ0v) is 15.9. The molecule has 0 atom stereocenters. The topological polar surface area (TPSA) is 75.1 Å². The largest absolute Gasteiger partial charge is 0.493 e. The molecule has 3 rings (SSSR count). The molecule has 2 fully saturated rings. The van der Waals surface area contributed by atoms with E-state index in [1.54, 1.807) is 0 Å². The van der Waals surface area contributed by atoms with E-state index in [1.807, 2.05) is 6.92 Å². The molecule has 0 amide bonds. The van der Waals surface area contributed by atoms with Gasteiger partial charge in [-0.1, -0.05) is 12.1 Å². The summed E-state index contributed by atoms with van der Waals surface area (Å²) in [4.78, 5) is 4.70. The van der Waals surface area contributed by atoms with Crippen molar-refractivity contribution in [2.45, 2.75) is 33.2 Å². The van der Waals surface area contributed by atoms with Crippen LogP contribution in [0.2, 0.25) is 0 Å². The highest BCUT2D eigenvalue weighted by atomic mass is 16.5. The first-order chi connectivity index (χ1) is 12.6. The van der Waals surface area contributed by atoms with Gasteiger partial charge in [0.1, 0.15) is 5.75 Å². The lowest BCUT2D eigenvalue weighted by Gasteiger charge is -2.40.